The van der Waals surface area contributed by atoms with Gasteiger partial charge in [0.15, 0.2) is 0 Å². The summed E-state index contributed by atoms with van der Waals surface area (Å²) in [6, 6.07) is -1.30. The van der Waals surface area contributed by atoms with E-state index in [4.69, 9.17) is 7.58 Å². The van der Waals surface area contributed by atoms with E-state index in [1.807, 2.05) is 0 Å². The van der Waals surface area contributed by atoms with Gasteiger partial charge in [-0.3, -0.25) is 19.2 Å². The molecule has 2 atom stereocenters. The lowest BCUT2D eigenvalue weighted by Gasteiger charge is -2.12. The molecule has 101 valence electrons. The quantitative estimate of drug-likeness (QED) is 0.587. The third kappa shape index (κ3) is 3.69. The van der Waals surface area contributed by atoms with Crippen LogP contribution in [0.2, 0.25) is 0 Å². The second-order valence-electron chi connectivity index (χ2n) is 4.29. The molecule has 2 amide bonds. The molecule has 2 aliphatic rings. The van der Waals surface area contributed by atoms with Crippen molar-refractivity contribution in [2.75, 3.05) is 0 Å². The van der Waals surface area contributed by atoms with Crippen molar-refractivity contribution < 1.29 is 26.8 Å². The third-order valence-electron chi connectivity index (χ3n) is 2.89. The predicted molar refractivity (Wildman–Crippen MR) is 60.3 cm³/mol. The van der Waals surface area contributed by atoms with Crippen molar-refractivity contribution in [3.8, 4) is 0 Å². The Morgan fingerprint density at radius 1 is 0.947 bits per heavy atom. The number of hydrogen-bond donors (Lipinski definition) is 2. The molecule has 2 aliphatic heterocycles. The van der Waals surface area contributed by atoms with Crippen LogP contribution in [0.15, 0.2) is 0 Å². The number of carbonyl (C=O) groups excluding carboxylic acids is 4. The molecule has 0 aliphatic carbocycles. The molecule has 8 nitrogen and oxygen atoms in total. The zero-order valence-electron chi connectivity index (χ0n) is 10.0. The van der Waals surface area contributed by atoms with Crippen LogP contribution in [0.25, 0.3) is 0 Å². The Hall–Kier alpha value is -1.59. The average Bonchev–Trinajstić information content (AvgIpc) is 2.98. The molecule has 0 saturated carbocycles. The van der Waals surface area contributed by atoms with E-state index < -0.39 is 39.9 Å². The van der Waals surface area contributed by atoms with E-state index in [0.717, 1.165) is 0 Å². The highest BCUT2D eigenvalue weighted by molar-refractivity contribution is 6.26. The molecule has 2 rings (SSSR count). The Morgan fingerprint density at radius 3 is 1.68 bits per heavy atom. The lowest BCUT2D eigenvalue weighted by Crippen LogP contribution is -2.38. The van der Waals surface area contributed by atoms with Gasteiger partial charge in [0.05, 0.1) is 0 Å². The zero-order valence-corrected chi connectivity index (χ0v) is 11.2. The maximum absolute atomic E-state index is 11.5. The molecule has 2 unspecified atom stereocenters. The van der Waals surface area contributed by atoms with Gasteiger partial charge in [-0.25, -0.2) is 0 Å². The maximum Gasteiger partial charge on any atom is 0.885 e. The van der Waals surface area contributed by atoms with E-state index in [1.165, 1.54) is 0 Å². The molecule has 2 saturated heterocycles. The highest BCUT2D eigenvalue weighted by atomic mass is 27.2. The first kappa shape index (κ1) is 13.8. The van der Waals surface area contributed by atoms with E-state index in [-0.39, 0.29) is 11.8 Å². The van der Waals surface area contributed by atoms with Crippen molar-refractivity contribution >= 4 is 39.6 Å². The first-order chi connectivity index (χ1) is 9.06. The topological polar surface area (TPSA) is 111 Å². The molecule has 1 radical (unpaired) electrons. The second-order valence-corrected chi connectivity index (χ2v) is 4.95. The van der Waals surface area contributed by atoms with Gasteiger partial charge in [-0.2, -0.15) is 0 Å². The fraction of sp³-hybridized carbons (Fsp3) is 0.600. The van der Waals surface area contributed by atoms with Crippen LogP contribution < -0.4 is 10.6 Å². The minimum absolute atomic E-state index is 0.192. The van der Waals surface area contributed by atoms with Crippen LogP contribution in [0.4, 0.5) is 0 Å². The zero-order chi connectivity index (χ0) is 13.8. The van der Waals surface area contributed by atoms with Gasteiger partial charge < -0.3 is 18.2 Å². The monoisotopic (exact) mass is 283 g/mol. The van der Waals surface area contributed by atoms with Gasteiger partial charge in [0.2, 0.25) is 11.8 Å². The van der Waals surface area contributed by atoms with Crippen molar-refractivity contribution in [3.63, 3.8) is 0 Å². The van der Waals surface area contributed by atoms with Crippen LogP contribution in [0.1, 0.15) is 25.7 Å². The normalized spacial score (nSPS) is 25.5. The number of carbonyl (C=O) groups is 4. The summed E-state index contributed by atoms with van der Waals surface area (Å²) in [5, 5.41) is 4.91. The molecule has 2 fully saturated rings. The standard InChI is InChI=1S/2C5H7NO3.Al/c2*7-4-2-1-3(6-4)5(8)9;/h2*3H,1-2H2,(H,6,7)(H,8,9);/q;;+2/p-2. The maximum atomic E-state index is 11.5. The number of hydrogen-bond acceptors (Lipinski definition) is 6. The van der Waals surface area contributed by atoms with Crippen molar-refractivity contribution in [1.82, 2.24) is 10.6 Å². The summed E-state index contributed by atoms with van der Waals surface area (Å²) in [5.74, 6) is -1.57. The van der Waals surface area contributed by atoms with E-state index in [1.54, 1.807) is 0 Å². The van der Waals surface area contributed by atoms with E-state index in [0.29, 0.717) is 25.7 Å². The van der Waals surface area contributed by atoms with E-state index in [9.17, 15) is 19.2 Å². The van der Waals surface area contributed by atoms with Crippen molar-refractivity contribution in [1.29, 1.82) is 0 Å². The first-order valence-electron chi connectivity index (χ1n) is 5.87. The minimum Gasteiger partial charge on any atom is -0.588 e. The third-order valence-corrected chi connectivity index (χ3v) is 3.55. The minimum atomic E-state index is -1.28. The van der Waals surface area contributed by atoms with Gasteiger partial charge in [0.1, 0.15) is 12.1 Å². The van der Waals surface area contributed by atoms with Crippen LogP contribution in [0.5, 0.6) is 0 Å². The summed E-state index contributed by atoms with van der Waals surface area (Å²) in [7, 11) is 0. The Balaban J connectivity index is 1.66. The fourth-order valence-electron chi connectivity index (χ4n) is 1.86. The molecule has 2 heterocycles. The van der Waals surface area contributed by atoms with Gasteiger partial charge >= 0.3 is 15.9 Å². The largest absolute Gasteiger partial charge is 0.885 e. The van der Waals surface area contributed by atoms with Gasteiger partial charge in [-0.1, -0.05) is 0 Å². The summed E-state index contributed by atoms with van der Waals surface area (Å²) in [5.41, 5.74) is 0. The van der Waals surface area contributed by atoms with Crippen molar-refractivity contribution in [3.05, 3.63) is 0 Å². The first-order valence-corrected chi connectivity index (χ1v) is 6.82. The van der Waals surface area contributed by atoms with Crippen LogP contribution in [-0.4, -0.2) is 51.7 Å². The fourth-order valence-corrected chi connectivity index (χ4v) is 2.43. The summed E-state index contributed by atoms with van der Waals surface area (Å²) >= 11 is -1.28. The molecule has 0 aromatic carbocycles. The Kier molecular flexibility index (Phi) is 4.40. The Labute approximate surface area is 115 Å². The molecule has 0 aromatic rings. The lowest BCUT2D eigenvalue weighted by atomic mass is 10.2. The highest BCUT2D eigenvalue weighted by Gasteiger charge is 2.32. The van der Waals surface area contributed by atoms with Crippen molar-refractivity contribution in [2.24, 2.45) is 0 Å². The van der Waals surface area contributed by atoms with Gasteiger partial charge in [0, 0.05) is 12.8 Å². The van der Waals surface area contributed by atoms with Gasteiger partial charge in [0.25, 0.3) is 11.9 Å². The number of nitrogens with one attached hydrogen (secondary N) is 2. The average molecular weight is 283 g/mol. The molecule has 9 heteroatoms. The van der Waals surface area contributed by atoms with E-state index in [2.05, 4.69) is 10.6 Å². The molecule has 0 aromatic heterocycles. The van der Waals surface area contributed by atoms with E-state index >= 15 is 0 Å². The smallest absolute Gasteiger partial charge is 0.588 e. The summed E-state index contributed by atoms with van der Waals surface area (Å²) in [6.45, 7) is 0. The molecule has 0 spiro atoms. The predicted octanol–water partition coefficient (Wildman–Crippen LogP) is -1.84. The number of rotatable bonds is 4. The summed E-state index contributed by atoms with van der Waals surface area (Å²) < 4.78 is 9.61. The van der Waals surface area contributed by atoms with Crippen molar-refractivity contribution in [2.45, 2.75) is 37.8 Å². The second kappa shape index (κ2) is 6.04. The molecule has 0 bridgehead atoms. The van der Waals surface area contributed by atoms with Gasteiger partial charge in [-0.15, -0.1) is 0 Å². The Morgan fingerprint density at radius 2 is 1.37 bits per heavy atom. The molecule has 2 N–H and O–H groups in total. The van der Waals surface area contributed by atoms with Crippen LogP contribution in [0, 0.1) is 0 Å². The summed E-state index contributed by atoms with van der Waals surface area (Å²) in [6.07, 6.45) is 1.37. The molecular weight excluding hydrogens is 271 g/mol. The SMILES string of the molecule is O=C1CCC(C(=O)[O][Al][O]C(=O)C2CCC(=O)N2)N1. The van der Waals surface area contributed by atoms with Gasteiger partial charge in [-0.05, 0) is 12.8 Å². The highest BCUT2D eigenvalue weighted by Crippen LogP contribution is 2.09. The summed E-state index contributed by atoms with van der Waals surface area (Å²) in [4.78, 5) is 44.8. The Bertz CT molecular complexity index is 388. The van der Waals surface area contributed by atoms with Crippen LogP contribution >= 0.6 is 0 Å². The lowest BCUT2D eigenvalue weighted by molar-refractivity contribution is -0.142. The van der Waals surface area contributed by atoms with Crippen LogP contribution in [0.3, 0.4) is 0 Å². The number of amides is 2. The molecular formula is C10H12AlN2O6. The van der Waals surface area contributed by atoms with Crippen LogP contribution in [-0.2, 0) is 26.8 Å². The molecule has 19 heavy (non-hydrogen) atoms.